The van der Waals surface area contributed by atoms with E-state index in [4.69, 9.17) is 19.7 Å². The maximum atomic E-state index is 12.6. The van der Waals surface area contributed by atoms with Gasteiger partial charge in [-0.2, -0.15) is 15.0 Å². The molecule has 0 saturated carbocycles. The van der Waals surface area contributed by atoms with Crippen LogP contribution in [-0.4, -0.2) is 84.3 Å². The zero-order valence-corrected chi connectivity index (χ0v) is 22.5. The maximum Gasteiger partial charge on any atom is 0.323 e. The number of rotatable bonds is 6. The number of aromatic nitrogens is 3. The molecule has 40 heavy (non-hydrogen) atoms. The first kappa shape index (κ1) is 26.0. The zero-order chi connectivity index (χ0) is 27.3. The Bertz CT molecular complexity index is 1330. The van der Waals surface area contributed by atoms with Gasteiger partial charge in [-0.15, -0.1) is 0 Å². The van der Waals surface area contributed by atoms with Crippen LogP contribution < -0.4 is 20.4 Å². The lowest BCUT2D eigenvalue weighted by molar-refractivity contribution is 0.0793. The number of likely N-dealkylation sites (tertiary alicyclic amines) is 1. The molecule has 2 N–H and O–H groups in total. The fourth-order valence-electron chi connectivity index (χ4n) is 5.24. The minimum absolute atomic E-state index is 0.0383. The van der Waals surface area contributed by atoms with E-state index in [0.29, 0.717) is 47.9 Å². The number of morpholine rings is 1. The molecular weight excluding hydrogens is 508 g/mol. The molecule has 3 aliphatic heterocycles. The molecule has 4 heterocycles. The number of benzene rings is 2. The third-order valence-corrected chi connectivity index (χ3v) is 7.48. The molecule has 3 amide bonds. The lowest BCUT2D eigenvalue weighted by atomic mass is 10.2. The van der Waals surface area contributed by atoms with Crippen molar-refractivity contribution in [3.63, 3.8) is 0 Å². The van der Waals surface area contributed by atoms with Gasteiger partial charge >= 0.3 is 6.03 Å². The van der Waals surface area contributed by atoms with E-state index in [-0.39, 0.29) is 11.9 Å². The smallest absolute Gasteiger partial charge is 0.323 e. The summed E-state index contributed by atoms with van der Waals surface area (Å²) >= 11 is 0. The second-order valence-electron chi connectivity index (χ2n) is 10.3. The third kappa shape index (κ3) is 5.99. The number of ether oxygens (including phenoxy) is 1. The van der Waals surface area contributed by atoms with Crippen LogP contribution in [0.2, 0.25) is 0 Å². The lowest BCUT2D eigenvalue weighted by Gasteiger charge is -2.28. The van der Waals surface area contributed by atoms with Crippen LogP contribution in [0.1, 0.15) is 36.0 Å². The van der Waals surface area contributed by atoms with Crippen molar-refractivity contribution in [2.75, 3.05) is 72.9 Å². The SMILES string of the molecule is O=C(Nc1ccc(C(=O)N2CCCC2)cc1)Nc1ccc(-c2nc(N3CCCC3)nc(N3CCOCC3)n2)cc1. The van der Waals surface area contributed by atoms with Crippen molar-refractivity contribution in [2.24, 2.45) is 0 Å². The van der Waals surface area contributed by atoms with Crippen LogP contribution in [0.15, 0.2) is 48.5 Å². The second kappa shape index (κ2) is 11.9. The molecule has 1 aromatic heterocycles. The van der Waals surface area contributed by atoms with Gasteiger partial charge < -0.3 is 30.1 Å². The summed E-state index contributed by atoms with van der Waals surface area (Å²) in [6.07, 6.45) is 4.38. The molecule has 0 radical (unpaired) electrons. The minimum atomic E-state index is -0.363. The van der Waals surface area contributed by atoms with Gasteiger partial charge in [-0.05, 0) is 74.2 Å². The largest absolute Gasteiger partial charge is 0.378 e. The Balaban J connectivity index is 1.11. The van der Waals surface area contributed by atoms with Gasteiger partial charge in [-0.1, -0.05) is 0 Å². The molecule has 0 spiro atoms. The minimum Gasteiger partial charge on any atom is -0.378 e. The van der Waals surface area contributed by atoms with Crippen LogP contribution in [0.4, 0.5) is 28.1 Å². The standard InChI is InChI=1S/C29H34N8O3/c38-26(35-13-1-2-14-35)22-7-11-24(12-8-22)31-29(39)30-23-9-5-21(6-10-23)25-32-27(36-15-3-4-16-36)34-28(33-25)37-17-19-40-20-18-37/h5-12H,1-4,13-20H2,(H2,30,31,39). The van der Waals surface area contributed by atoms with E-state index in [1.165, 1.54) is 0 Å². The van der Waals surface area contributed by atoms with Crippen LogP contribution in [0.25, 0.3) is 11.4 Å². The van der Waals surface area contributed by atoms with Crippen molar-refractivity contribution >= 4 is 35.2 Å². The average molecular weight is 543 g/mol. The Labute approximate surface area is 233 Å². The first-order chi connectivity index (χ1) is 19.6. The summed E-state index contributed by atoms with van der Waals surface area (Å²) in [6.45, 7) is 6.32. The van der Waals surface area contributed by atoms with E-state index in [0.717, 1.165) is 70.5 Å². The quantitative estimate of drug-likeness (QED) is 0.483. The molecule has 3 saturated heterocycles. The number of hydrogen-bond donors (Lipinski definition) is 2. The molecule has 11 heteroatoms. The second-order valence-corrected chi connectivity index (χ2v) is 10.3. The van der Waals surface area contributed by atoms with Gasteiger partial charge in [0, 0.05) is 61.8 Å². The van der Waals surface area contributed by atoms with Crippen LogP contribution in [-0.2, 0) is 4.74 Å². The predicted molar refractivity (Wildman–Crippen MR) is 154 cm³/mol. The number of nitrogens with one attached hydrogen (secondary N) is 2. The van der Waals surface area contributed by atoms with Gasteiger partial charge in [0.2, 0.25) is 11.9 Å². The number of amides is 3. The first-order valence-corrected chi connectivity index (χ1v) is 14.0. The summed E-state index contributed by atoms with van der Waals surface area (Å²) in [4.78, 5) is 45.7. The summed E-state index contributed by atoms with van der Waals surface area (Å²) in [6, 6.07) is 14.1. The number of carbonyl (C=O) groups is 2. The van der Waals surface area contributed by atoms with E-state index >= 15 is 0 Å². The highest BCUT2D eigenvalue weighted by Crippen LogP contribution is 2.25. The summed E-state index contributed by atoms with van der Waals surface area (Å²) in [5, 5.41) is 5.69. The summed E-state index contributed by atoms with van der Waals surface area (Å²) in [5.74, 6) is 2.03. The molecule has 0 aliphatic carbocycles. The normalized spacial score (nSPS) is 17.2. The van der Waals surface area contributed by atoms with E-state index in [9.17, 15) is 9.59 Å². The predicted octanol–water partition coefficient (Wildman–Crippen LogP) is 3.86. The molecule has 6 rings (SSSR count). The third-order valence-electron chi connectivity index (χ3n) is 7.48. The molecule has 0 unspecified atom stereocenters. The first-order valence-electron chi connectivity index (χ1n) is 14.0. The van der Waals surface area contributed by atoms with E-state index in [1.807, 2.05) is 29.2 Å². The maximum absolute atomic E-state index is 12.6. The zero-order valence-electron chi connectivity index (χ0n) is 22.5. The summed E-state index contributed by atoms with van der Waals surface area (Å²) < 4.78 is 5.50. The van der Waals surface area contributed by atoms with Crippen molar-refractivity contribution in [1.29, 1.82) is 0 Å². The Hall–Kier alpha value is -4.25. The van der Waals surface area contributed by atoms with Gasteiger partial charge in [0.25, 0.3) is 5.91 Å². The van der Waals surface area contributed by atoms with Crippen molar-refractivity contribution in [1.82, 2.24) is 19.9 Å². The van der Waals surface area contributed by atoms with Crippen molar-refractivity contribution in [2.45, 2.75) is 25.7 Å². The molecule has 3 aliphatic rings. The van der Waals surface area contributed by atoms with Crippen LogP contribution >= 0.6 is 0 Å². The van der Waals surface area contributed by atoms with E-state index < -0.39 is 0 Å². The van der Waals surface area contributed by atoms with Crippen LogP contribution in [0, 0.1) is 0 Å². The highest BCUT2D eigenvalue weighted by molar-refractivity contribution is 6.00. The van der Waals surface area contributed by atoms with Crippen LogP contribution in [0.5, 0.6) is 0 Å². The summed E-state index contributed by atoms with van der Waals surface area (Å²) in [5.41, 5.74) is 2.74. The van der Waals surface area contributed by atoms with Gasteiger partial charge in [0.05, 0.1) is 13.2 Å². The Morgan fingerprint density at radius 1 is 0.650 bits per heavy atom. The summed E-state index contributed by atoms with van der Waals surface area (Å²) in [7, 11) is 0. The number of urea groups is 1. The fourth-order valence-corrected chi connectivity index (χ4v) is 5.24. The van der Waals surface area contributed by atoms with Gasteiger partial charge in [0.1, 0.15) is 0 Å². The van der Waals surface area contributed by atoms with Gasteiger partial charge in [0.15, 0.2) is 5.82 Å². The van der Waals surface area contributed by atoms with Crippen molar-refractivity contribution in [3.8, 4) is 11.4 Å². The van der Waals surface area contributed by atoms with E-state index in [1.54, 1.807) is 24.3 Å². The van der Waals surface area contributed by atoms with Crippen LogP contribution in [0.3, 0.4) is 0 Å². The highest BCUT2D eigenvalue weighted by atomic mass is 16.5. The Kier molecular flexibility index (Phi) is 7.71. The molecular formula is C29H34N8O3. The monoisotopic (exact) mass is 542 g/mol. The molecule has 3 aromatic rings. The number of anilines is 4. The van der Waals surface area contributed by atoms with E-state index in [2.05, 4.69) is 20.4 Å². The highest BCUT2D eigenvalue weighted by Gasteiger charge is 2.22. The molecule has 0 atom stereocenters. The van der Waals surface area contributed by atoms with Crippen molar-refractivity contribution < 1.29 is 14.3 Å². The number of carbonyl (C=O) groups excluding carboxylic acids is 2. The van der Waals surface area contributed by atoms with Gasteiger partial charge in [-0.3, -0.25) is 4.79 Å². The average Bonchev–Trinajstić information content (AvgIpc) is 3.73. The molecule has 0 bridgehead atoms. The Morgan fingerprint density at radius 3 is 1.77 bits per heavy atom. The van der Waals surface area contributed by atoms with Crippen molar-refractivity contribution in [3.05, 3.63) is 54.1 Å². The number of nitrogens with zero attached hydrogens (tertiary/aromatic N) is 6. The molecule has 3 fully saturated rings. The Morgan fingerprint density at radius 2 is 1.18 bits per heavy atom. The molecule has 208 valence electrons. The lowest BCUT2D eigenvalue weighted by Crippen LogP contribution is -2.38. The fraction of sp³-hybridized carbons (Fsp3) is 0.414. The number of hydrogen-bond acceptors (Lipinski definition) is 8. The van der Waals surface area contributed by atoms with Gasteiger partial charge in [-0.25, -0.2) is 4.79 Å². The molecule has 11 nitrogen and oxygen atoms in total. The molecule has 2 aromatic carbocycles. The topological polar surface area (TPSA) is 116 Å².